The Morgan fingerprint density at radius 2 is 2.05 bits per heavy atom. The SMILES string of the molecule is Cn1ccc2c(Oc3cc(Cl)c(F)cc3CCN)cccc21. The topological polar surface area (TPSA) is 40.2 Å². The molecule has 114 valence electrons. The molecule has 0 aliphatic heterocycles. The standard InChI is InChI=1S/C17H16ClFN2O/c1-21-8-6-12-15(21)3-2-4-16(12)22-17-10-13(18)14(19)9-11(17)5-7-20/h2-4,6,8-10H,5,7,20H2,1H3. The average Bonchev–Trinajstić information content (AvgIpc) is 2.87. The van der Waals surface area contributed by atoms with E-state index < -0.39 is 5.82 Å². The molecule has 2 N–H and O–H groups in total. The predicted octanol–water partition coefficient (Wildman–Crippen LogP) is 4.26. The Balaban J connectivity index is 2.06. The van der Waals surface area contributed by atoms with Crippen LogP contribution in [0.1, 0.15) is 5.56 Å². The third-order valence-corrected chi connectivity index (χ3v) is 3.91. The monoisotopic (exact) mass is 318 g/mol. The molecule has 0 radical (unpaired) electrons. The number of hydrogen-bond acceptors (Lipinski definition) is 2. The van der Waals surface area contributed by atoms with Crippen LogP contribution in [0, 0.1) is 5.82 Å². The Bertz CT molecular complexity index is 829. The molecular formula is C17H16ClFN2O. The lowest BCUT2D eigenvalue weighted by Gasteiger charge is -2.13. The molecule has 22 heavy (non-hydrogen) atoms. The molecule has 3 rings (SSSR count). The third-order valence-electron chi connectivity index (χ3n) is 3.62. The molecular weight excluding hydrogens is 303 g/mol. The number of aromatic nitrogens is 1. The summed E-state index contributed by atoms with van der Waals surface area (Å²) in [5.41, 5.74) is 7.36. The summed E-state index contributed by atoms with van der Waals surface area (Å²) in [5.74, 6) is 0.780. The van der Waals surface area contributed by atoms with E-state index in [0.717, 1.165) is 10.9 Å². The van der Waals surface area contributed by atoms with Crippen molar-refractivity contribution in [3.8, 4) is 11.5 Å². The molecule has 0 aliphatic carbocycles. The van der Waals surface area contributed by atoms with E-state index in [9.17, 15) is 4.39 Å². The number of ether oxygens (including phenoxy) is 1. The fourth-order valence-electron chi connectivity index (χ4n) is 2.50. The van der Waals surface area contributed by atoms with E-state index in [-0.39, 0.29) is 5.02 Å². The van der Waals surface area contributed by atoms with Crippen LogP contribution in [0.5, 0.6) is 11.5 Å². The molecule has 0 unspecified atom stereocenters. The van der Waals surface area contributed by atoms with E-state index in [0.29, 0.717) is 30.0 Å². The van der Waals surface area contributed by atoms with Crippen LogP contribution in [0.4, 0.5) is 4.39 Å². The predicted molar refractivity (Wildman–Crippen MR) is 87.2 cm³/mol. The van der Waals surface area contributed by atoms with Gasteiger partial charge in [-0.2, -0.15) is 0 Å². The minimum absolute atomic E-state index is 0.0380. The van der Waals surface area contributed by atoms with Crippen molar-refractivity contribution in [2.45, 2.75) is 6.42 Å². The summed E-state index contributed by atoms with van der Waals surface area (Å²) >= 11 is 5.88. The van der Waals surface area contributed by atoms with Gasteiger partial charge in [0, 0.05) is 24.7 Å². The summed E-state index contributed by atoms with van der Waals surface area (Å²) in [7, 11) is 1.97. The summed E-state index contributed by atoms with van der Waals surface area (Å²) in [6.45, 7) is 0.410. The van der Waals surface area contributed by atoms with Crippen molar-refractivity contribution in [1.82, 2.24) is 4.57 Å². The van der Waals surface area contributed by atoms with Crippen molar-refractivity contribution in [2.75, 3.05) is 6.54 Å². The first-order chi connectivity index (χ1) is 10.6. The second-order valence-corrected chi connectivity index (χ2v) is 5.54. The van der Waals surface area contributed by atoms with Crippen LogP contribution in [0.2, 0.25) is 5.02 Å². The number of nitrogens with zero attached hydrogens (tertiary/aromatic N) is 1. The van der Waals surface area contributed by atoms with E-state index in [1.165, 1.54) is 12.1 Å². The lowest BCUT2D eigenvalue weighted by Crippen LogP contribution is -2.04. The highest BCUT2D eigenvalue weighted by Crippen LogP contribution is 2.34. The molecule has 0 aliphatic rings. The van der Waals surface area contributed by atoms with Crippen LogP contribution in [0.3, 0.4) is 0 Å². The van der Waals surface area contributed by atoms with Crippen molar-refractivity contribution in [3.05, 3.63) is 59.0 Å². The van der Waals surface area contributed by atoms with Crippen molar-refractivity contribution >= 4 is 22.5 Å². The lowest BCUT2D eigenvalue weighted by atomic mass is 10.1. The van der Waals surface area contributed by atoms with Crippen molar-refractivity contribution < 1.29 is 9.13 Å². The highest BCUT2D eigenvalue weighted by atomic mass is 35.5. The van der Waals surface area contributed by atoms with E-state index in [1.54, 1.807) is 0 Å². The van der Waals surface area contributed by atoms with Crippen molar-refractivity contribution in [1.29, 1.82) is 0 Å². The molecule has 3 nitrogen and oxygen atoms in total. The zero-order valence-electron chi connectivity index (χ0n) is 12.1. The molecule has 0 bridgehead atoms. The highest BCUT2D eigenvalue weighted by molar-refractivity contribution is 6.30. The van der Waals surface area contributed by atoms with Crippen LogP contribution in [0.15, 0.2) is 42.6 Å². The molecule has 5 heteroatoms. The number of hydrogen-bond donors (Lipinski definition) is 1. The van der Waals surface area contributed by atoms with Gasteiger partial charge in [0.1, 0.15) is 17.3 Å². The molecule has 0 saturated heterocycles. The highest BCUT2D eigenvalue weighted by Gasteiger charge is 2.12. The number of halogens is 2. The molecule has 0 atom stereocenters. The molecule has 0 saturated carbocycles. The zero-order chi connectivity index (χ0) is 15.7. The summed E-state index contributed by atoms with van der Waals surface area (Å²) in [5, 5.41) is 1.03. The van der Waals surface area contributed by atoms with Gasteiger partial charge < -0.3 is 15.0 Å². The van der Waals surface area contributed by atoms with Gasteiger partial charge in [0.15, 0.2) is 0 Å². The largest absolute Gasteiger partial charge is 0.456 e. The lowest BCUT2D eigenvalue weighted by molar-refractivity contribution is 0.479. The maximum absolute atomic E-state index is 13.6. The van der Waals surface area contributed by atoms with Gasteiger partial charge in [-0.15, -0.1) is 0 Å². The van der Waals surface area contributed by atoms with Crippen LogP contribution in [-0.4, -0.2) is 11.1 Å². The fraction of sp³-hybridized carbons (Fsp3) is 0.176. The molecule has 0 fully saturated rings. The summed E-state index contributed by atoms with van der Waals surface area (Å²) in [4.78, 5) is 0. The van der Waals surface area contributed by atoms with Crippen LogP contribution in [0.25, 0.3) is 10.9 Å². The first-order valence-electron chi connectivity index (χ1n) is 7.00. The number of aryl methyl sites for hydroxylation is 1. The van der Waals surface area contributed by atoms with Crippen molar-refractivity contribution in [3.63, 3.8) is 0 Å². The zero-order valence-corrected chi connectivity index (χ0v) is 12.9. The summed E-state index contributed by atoms with van der Waals surface area (Å²) in [6, 6.07) is 10.7. The minimum Gasteiger partial charge on any atom is -0.456 e. The normalized spacial score (nSPS) is 11.1. The van der Waals surface area contributed by atoms with E-state index in [2.05, 4.69) is 0 Å². The van der Waals surface area contributed by atoms with Gasteiger partial charge >= 0.3 is 0 Å². The molecule has 3 aromatic rings. The third kappa shape index (κ3) is 2.67. The van der Waals surface area contributed by atoms with Crippen LogP contribution in [-0.2, 0) is 13.5 Å². The van der Waals surface area contributed by atoms with Gasteiger partial charge in [-0.05, 0) is 42.8 Å². The van der Waals surface area contributed by atoms with Gasteiger partial charge in [-0.25, -0.2) is 4.39 Å². The Morgan fingerprint density at radius 1 is 1.23 bits per heavy atom. The van der Waals surface area contributed by atoms with Crippen molar-refractivity contribution in [2.24, 2.45) is 12.8 Å². The summed E-state index contributed by atoms with van der Waals surface area (Å²) < 4.78 is 21.7. The van der Waals surface area contributed by atoms with Gasteiger partial charge in [-0.1, -0.05) is 17.7 Å². The quantitative estimate of drug-likeness (QED) is 0.780. The minimum atomic E-state index is -0.463. The second kappa shape index (κ2) is 5.99. The van der Waals surface area contributed by atoms with E-state index >= 15 is 0 Å². The molecule has 0 spiro atoms. The van der Waals surface area contributed by atoms with Crippen LogP contribution < -0.4 is 10.5 Å². The van der Waals surface area contributed by atoms with E-state index in [4.69, 9.17) is 22.1 Å². The smallest absolute Gasteiger partial charge is 0.142 e. The molecule has 2 aromatic carbocycles. The Morgan fingerprint density at radius 3 is 2.82 bits per heavy atom. The van der Waals surface area contributed by atoms with Gasteiger partial charge in [0.25, 0.3) is 0 Å². The van der Waals surface area contributed by atoms with E-state index in [1.807, 2.05) is 42.1 Å². The van der Waals surface area contributed by atoms with Gasteiger partial charge in [-0.3, -0.25) is 0 Å². The van der Waals surface area contributed by atoms with Gasteiger partial charge in [0.2, 0.25) is 0 Å². The van der Waals surface area contributed by atoms with Crippen LogP contribution >= 0.6 is 11.6 Å². The number of nitrogens with two attached hydrogens (primary N) is 1. The fourth-order valence-corrected chi connectivity index (χ4v) is 2.65. The number of rotatable bonds is 4. The second-order valence-electron chi connectivity index (χ2n) is 5.13. The number of benzene rings is 2. The Hall–Kier alpha value is -2.04. The number of fused-ring (bicyclic) bond motifs is 1. The maximum Gasteiger partial charge on any atom is 0.142 e. The Labute approximate surface area is 133 Å². The Kier molecular flexibility index (Phi) is 4.05. The van der Waals surface area contributed by atoms with Gasteiger partial charge in [0.05, 0.1) is 10.5 Å². The molecule has 1 heterocycles. The average molecular weight is 319 g/mol. The summed E-state index contributed by atoms with van der Waals surface area (Å²) in [6.07, 6.45) is 2.49. The first-order valence-corrected chi connectivity index (χ1v) is 7.38. The first kappa shape index (κ1) is 14.9. The maximum atomic E-state index is 13.6. The molecule has 1 aromatic heterocycles. The molecule has 0 amide bonds.